The predicted octanol–water partition coefficient (Wildman–Crippen LogP) is 3.68. The van der Waals surface area contributed by atoms with Gasteiger partial charge >= 0.3 is 0 Å². The molecule has 3 aromatic rings. The lowest BCUT2D eigenvalue weighted by Crippen LogP contribution is -2.15. The van der Waals surface area contributed by atoms with E-state index in [-0.39, 0.29) is 10.8 Å². The summed E-state index contributed by atoms with van der Waals surface area (Å²) in [6, 6.07) is 14.9. The molecule has 132 valence electrons. The van der Waals surface area contributed by atoms with Crippen molar-refractivity contribution < 1.29 is 8.42 Å². The van der Waals surface area contributed by atoms with Gasteiger partial charge in [-0.3, -0.25) is 0 Å². The number of sulfonamides is 1. The Hall–Kier alpha value is -2.90. The standard InChI is InChI=1S/C18H15ClN4O2S/c19-14-3-1-2-13(12-14)4-7-16-10-11-21-18(22-16)23-26(24,25)17-8-5-15(20)6-9-17/h1-12H,20H2,(H,21,22,23). The SMILES string of the molecule is Nc1ccc(S(=O)(=O)Nc2nccc(C=Cc3cccc(Cl)c3)n2)cc1. The van der Waals surface area contributed by atoms with Gasteiger partial charge in [0.05, 0.1) is 10.6 Å². The quantitative estimate of drug-likeness (QED) is 0.652. The number of halogens is 1. The van der Waals surface area contributed by atoms with Crippen LogP contribution < -0.4 is 10.5 Å². The molecule has 0 atom stereocenters. The number of hydrogen-bond acceptors (Lipinski definition) is 5. The summed E-state index contributed by atoms with van der Waals surface area (Å²) in [5, 5.41) is 0.631. The lowest BCUT2D eigenvalue weighted by molar-refractivity contribution is 0.601. The summed E-state index contributed by atoms with van der Waals surface area (Å²) >= 11 is 5.95. The van der Waals surface area contributed by atoms with Crippen molar-refractivity contribution in [3.8, 4) is 0 Å². The van der Waals surface area contributed by atoms with Gasteiger partial charge in [0.1, 0.15) is 0 Å². The van der Waals surface area contributed by atoms with E-state index in [0.29, 0.717) is 16.4 Å². The first-order valence-corrected chi connectivity index (χ1v) is 9.43. The van der Waals surface area contributed by atoms with Crippen LogP contribution in [0.5, 0.6) is 0 Å². The Labute approximate surface area is 156 Å². The highest BCUT2D eigenvalue weighted by Crippen LogP contribution is 2.16. The van der Waals surface area contributed by atoms with Crippen molar-refractivity contribution in [3.63, 3.8) is 0 Å². The van der Waals surface area contributed by atoms with E-state index >= 15 is 0 Å². The molecule has 0 spiro atoms. The first-order chi connectivity index (χ1) is 12.4. The molecular formula is C18H15ClN4O2S. The van der Waals surface area contributed by atoms with Gasteiger partial charge in [-0.05, 0) is 54.1 Å². The second kappa shape index (κ2) is 7.55. The van der Waals surface area contributed by atoms with Crippen molar-refractivity contribution in [3.05, 3.63) is 77.1 Å². The highest BCUT2D eigenvalue weighted by molar-refractivity contribution is 7.92. The Morgan fingerprint density at radius 2 is 1.81 bits per heavy atom. The molecule has 6 nitrogen and oxygen atoms in total. The molecule has 26 heavy (non-hydrogen) atoms. The Bertz CT molecular complexity index is 1050. The average Bonchev–Trinajstić information content (AvgIpc) is 2.60. The minimum Gasteiger partial charge on any atom is -0.399 e. The monoisotopic (exact) mass is 386 g/mol. The van der Waals surface area contributed by atoms with Gasteiger partial charge in [-0.2, -0.15) is 0 Å². The zero-order chi connectivity index (χ0) is 18.6. The fraction of sp³-hybridized carbons (Fsp3) is 0. The van der Waals surface area contributed by atoms with E-state index < -0.39 is 10.0 Å². The minimum atomic E-state index is -3.79. The normalized spacial score (nSPS) is 11.6. The van der Waals surface area contributed by atoms with E-state index in [1.807, 2.05) is 24.3 Å². The van der Waals surface area contributed by atoms with Gasteiger partial charge in [0.2, 0.25) is 5.95 Å². The second-order valence-corrected chi connectivity index (χ2v) is 7.49. The molecule has 0 aliphatic carbocycles. The summed E-state index contributed by atoms with van der Waals surface area (Å²) in [6.45, 7) is 0. The van der Waals surface area contributed by atoms with Gasteiger partial charge in [-0.25, -0.2) is 23.1 Å². The van der Waals surface area contributed by atoms with Crippen LogP contribution in [0.4, 0.5) is 11.6 Å². The summed E-state index contributed by atoms with van der Waals surface area (Å²) in [5.41, 5.74) is 7.51. The molecule has 3 N–H and O–H groups in total. The zero-order valence-corrected chi connectivity index (χ0v) is 15.1. The first-order valence-electron chi connectivity index (χ1n) is 7.57. The fourth-order valence-corrected chi connectivity index (χ4v) is 3.28. The molecular weight excluding hydrogens is 372 g/mol. The zero-order valence-electron chi connectivity index (χ0n) is 13.5. The molecule has 0 unspecified atom stereocenters. The van der Waals surface area contributed by atoms with Crippen molar-refractivity contribution in [2.45, 2.75) is 4.90 Å². The molecule has 2 aromatic carbocycles. The van der Waals surface area contributed by atoms with Gasteiger partial charge in [-0.15, -0.1) is 0 Å². The van der Waals surface area contributed by atoms with Crippen molar-refractivity contribution >= 4 is 45.4 Å². The van der Waals surface area contributed by atoms with Gasteiger partial charge in [0.15, 0.2) is 0 Å². The van der Waals surface area contributed by atoms with Crippen LogP contribution in [0.3, 0.4) is 0 Å². The van der Waals surface area contributed by atoms with Crippen LogP contribution in [0.15, 0.2) is 65.7 Å². The minimum absolute atomic E-state index is 0.0185. The predicted molar refractivity (Wildman–Crippen MR) is 104 cm³/mol. The molecule has 3 rings (SSSR count). The van der Waals surface area contributed by atoms with Crippen LogP contribution >= 0.6 is 11.6 Å². The van der Waals surface area contributed by atoms with Gasteiger partial charge < -0.3 is 5.73 Å². The van der Waals surface area contributed by atoms with E-state index in [1.54, 1.807) is 18.2 Å². The average molecular weight is 387 g/mol. The van der Waals surface area contributed by atoms with Gasteiger partial charge in [0.25, 0.3) is 10.0 Å². The highest BCUT2D eigenvalue weighted by Gasteiger charge is 2.15. The van der Waals surface area contributed by atoms with Crippen LogP contribution in [-0.2, 0) is 10.0 Å². The van der Waals surface area contributed by atoms with Crippen molar-refractivity contribution in [2.75, 3.05) is 10.5 Å². The fourth-order valence-electron chi connectivity index (χ4n) is 2.13. The molecule has 0 saturated heterocycles. The Morgan fingerprint density at radius 1 is 1.04 bits per heavy atom. The summed E-state index contributed by atoms with van der Waals surface area (Å²) in [6.07, 6.45) is 5.05. The number of nitrogens with two attached hydrogens (primary N) is 1. The van der Waals surface area contributed by atoms with Crippen molar-refractivity contribution in [1.82, 2.24) is 9.97 Å². The van der Waals surface area contributed by atoms with E-state index in [1.165, 1.54) is 30.5 Å². The largest absolute Gasteiger partial charge is 0.399 e. The number of nitrogens with zero attached hydrogens (tertiary/aromatic N) is 2. The molecule has 0 saturated carbocycles. The molecule has 0 fully saturated rings. The molecule has 0 aliphatic rings. The van der Waals surface area contributed by atoms with Crippen LogP contribution in [0.25, 0.3) is 12.2 Å². The second-order valence-electron chi connectivity index (χ2n) is 5.37. The van der Waals surface area contributed by atoms with Crippen LogP contribution in [0.2, 0.25) is 5.02 Å². The van der Waals surface area contributed by atoms with Crippen molar-refractivity contribution in [2.24, 2.45) is 0 Å². The van der Waals surface area contributed by atoms with Crippen molar-refractivity contribution in [1.29, 1.82) is 0 Å². The van der Waals surface area contributed by atoms with Crippen LogP contribution in [-0.4, -0.2) is 18.4 Å². The van der Waals surface area contributed by atoms with E-state index in [0.717, 1.165) is 5.56 Å². The third-order valence-corrected chi connectivity index (χ3v) is 4.97. The maximum atomic E-state index is 12.4. The Balaban J connectivity index is 1.80. The van der Waals surface area contributed by atoms with Gasteiger partial charge in [-0.1, -0.05) is 29.8 Å². The molecule has 0 aliphatic heterocycles. The van der Waals surface area contributed by atoms with Crippen LogP contribution in [0, 0.1) is 0 Å². The number of rotatable bonds is 5. The lowest BCUT2D eigenvalue weighted by atomic mass is 10.2. The lowest BCUT2D eigenvalue weighted by Gasteiger charge is -2.07. The topological polar surface area (TPSA) is 98.0 Å². The Morgan fingerprint density at radius 3 is 2.54 bits per heavy atom. The summed E-state index contributed by atoms with van der Waals surface area (Å²) in [4.78, 5) is 8.23. The maximum absolute atomic E-state index is 12.4. The van der Waals surface area contributed by atoms with Crippen LogP contribution in [0.1, 0.15) is 11.3 Å². The molecule has 0 amide bonds. The Kier molecular flexibility index (Phi) is 5.20. The van der Waals surface area contributed by atoms with E-state index in [9.17, 15) is 8.42 Å². The van der Waals surface area contributed by atoms with E-state index in [2.05, 4.69) is 14.7 Å². The third-order valence-electron chi connectivity index (χ3n) is 3.39. The molecule has 0 bridgehead atoms. The summed E-state index contributed by atoms with van der Waals surface area (Å²) in [7, 11) is -3.79. The first kappa shape index (κ1) is 17.9. The highest BCUT2D eigenvalue weighted by atomic mass is 35.5. The number of hydrogen-bond donors (Lipinski definition) is 2. The number of benzene rings is 2. The van der Waals surface area contributed by atoms with E-state index in [4.69, 9.17) is 17.3 Å². The number of nitrogen functional groups attached to an aromatic ring is 1. The smallest absolute Gasteiger partial charge is 0.264 e. The summed E-state index contributed by atoms with van der Waals surface area (Å²) < 4.78 is 27.1. The third kappa shape index (κ3) is 4.59. The number of nitrogens with one attached hydrogen (secondary N) is 1. The van der Waals surface area contributed by atoms with Gasteiger partial charge in [0, 0.05) is 16.9 Å². The molecule has 1 heterocycles. The molecule has 0 radical (unpaired) electrons. The molecule has 8 heteroatoms. The number of aromatic nitrogens is 2. The summed E-state index contributed by atoms with van der Waals surface area (Å²) in [5.74, 6) is -0.0185. The maximum Gasteiger partial charge on any atom is 0.264 e. The number of anilines is 2. The molecule has 1 aromatic heterocycles.